The highest BCUT2D eigenvalue weighted by molar-refractivity contribution is 14.0. The highest BCUT2D eigenvalue weighted by atomic mass is 127. The van der Waals surface area contributed by atoms with Crippen LogP contribution in [0.1, 0.15) is 36.8 Å². The standard InChI is InChI=1S/C24H40N6O2.HI/c1-26-24(27-10-4-5-11-29-12-8-20(9-13-29)23(25)31)28-18-21-6-2-3-7-22(21)19-30-14-16-32-17-15-30;/h2-3,6-7,20H,4-5,8-19H2,1H3,(H2,25,31)(H2,26,27,28);1H. The van der Waals surface area contributed by atoms with E-state index in [1.54, 1.807) is 0 Å². The lowest BCUT2D eigenvalue weighted by atomic mass is 9.96. The molecule has 2 aliphatic heterocycles. The summed E-state index contributed by atoms with van der Waals surface area (Å²) in [5, 5.41) is 6.89. The molecule has 2 heterocycles. The molecule has 186 valence electrons. The summed E-state index contributed by atoms with van der Waals surface area (Å²) in [7, 11) is 1.82. The zero-order valence-corrected chi connectivity index (χ0v) is 22.3. The molecule has 2 aliphatic rings. The van der Waals surface area contributed by atoms with Gasteiger partial charge >= 0.3 is 0 Å². The normalized spacial score (nSPS) is 18.5. The Morgan fingerprint density at radius 3 is 2.42 bits per heavy atom. The number of halogens is 1. The van der Waals surface area contributed by atoms with Crippen LogP contribution in [0.4, 0.5) is 0 Å². The van der Waals surface area contributed by atoms with Gasteiger partial charge in [-0.05, 0) is 56.4 Å². The third-order valence-electron chi connectivity index (χ3n) is 6.47. The van der Waals surface area contributed by atoms with Gasteiger partial charge in [-0.2, -0.15) is 0 Å². The van der Waals surface area contributed by atoms with Crippen molar-refractivity contribution in [1.29, 1.82) is 0 Å². The Hall–Kier alpha value is -1.43. The summed E-state index contributed by atoms with van der Waals surface area (Å²) in [6.45, 7) is 9.29. The van der Waals surface area contributed by atoms with E-state index in [-0.39, 0.29) is 35.8 Å². The zero-order valence-electron chi connectivity index (χ0n) is 19.9. The highest BCUT2D eigenvalue weighted by Crippen LogP contribution is 2.17. The Kier molecular flexibility index (Phi) is 13.0. The van der Waals surface area contributed by atoms with Gasteiger partial charge in [-0.25, -0.2) is 0 Å². The van der Waals surface area contributed by atoms with Gasteiger partial charge in [0, 0.05) is 45.7 Å². The van der Waals surface area contributed by atoms with Gasteiger partial charge in [0.15, 0.2) is 5.96 Å². The van der Waals surface area contributed by atoms with E-state index in [0.717, 1.165) is 97.2 Å². The van der Waals surface area contributed by atoms with Crippen LogP contribution >= 0.6 is 24.0 Å². The number of benzene rings is 1. The van der Waals surface area contributed by atoms with Crippen molar-refractivity contribution in [3.05, 3.63) is 35.4 Å². The number of carbonyl (C=O) groups excluding carboxylic acids is 1. The van der Waals surface area contributed by atoms with Gasteiger partial charge in [0.05, 0.1) is 13.2 Å². The molecule has 1 aromatic rings. The van der Waals surface area contributed by atoms with Gasteiger partial charge in [-0.15, -0.1) is 24.0 Å². The minimum absolute atomic E-state index is 0. The number of carbonyl (C=O) groups is 1. The number of unbranched alkanes of at least 4 members (excludes halogenated alkanes) is 1. The summed E-state index contributed by atoms with van der Waals surface area (Å²) in [6.07, 6.45) is 4.02. The molecule has 9 heteroatoms. The number of hydrogen-bond acceptors (Lipinski definition) is 5. The van der Waals surface area contributed by atoms with Crippen molar-refractivity contribution in [2.24, 2.45) is 16.6 Å². The van der Waals surface area contributed by atoms with Gasteiger partial charge in [-0.3, -0.25) is 14.7 Å². The van der Waals surface area contributed by atoms with Crippen molar-refractivity contribution >= 4 is 35.8 Å². The minimum Gasteiger partial charge on any atom is -0.379 e. The third-order valence-corrected chi connectivity index (χ3v) is 6.47. The van der Waals surface area contributed by atoms with E-state index in [1.807, 2.05) is 7.05 Å². The first-order chi connectivity index (χ1) is 15.7. The van der Waals surface area contributed by atoms with Gasteiger partial charge < -0.3 is 26.0 Å². The van der Waals surface area contributed by atoms with Gasteiger partial charge in [0.1, 0.15) is 0 Å². The summed E-state index contributed by atoms with van der Waals surface area (Å²) in [5.74, 6) is 0.770. The predicted molar refractivity (Wildman–Crippen MR) is 144 cm³/mol. The second kappa shape index (κ2) is 15.5. The average Bonchev–Trinajstić information content (AvgIpc) is 2.82. The lowest BCUT2D eigenvalue weighted by molar-refractivity contribution is -0.123. The van der Waals surface area contributed by atoms with Crippen molar-refractivity contribution in [3.63, 3.8) is 0 Å². The molecule has 4 N–H and O–H groups in total. The van der Waals surface area contributed by atoms with Crippen molar-refractivity contribution in [2.45, 2.75) is 38.8 Å². The topological polar surface area (TPSA) is 95.2 Å². The first-order valence-electron chi connectivity index (χ1n) is 12.0. The van der Waals surface area contributed by atoms with Gasteiger partial charge in [0.2, 0.25) is 5.91 Å². The number of aliphatic imine (C=N–C) groups is 1. The number of ether oxygens (including phenoxy) is 1. The van der Waals surface area contributed by atoms with Crippen LogP contribution in [0.2, 0.25) is 0 Å². The van der Waals surface area contributed by atoms with Crippen molar-refractivity contribution in [1.82, 2.24) is 20.4 Å². The fourth-order valence-electron chi connectivity index (χ4n) is 4.39. The number of amides is 1. The second-order valence-electron chi connectivity index (χ2n) is 8.74. The molecule has 0 aromatic heterocycles. The monoisotopic (exact) mass is 572 g/mol. The molecule has 0 spiro atoms. The summed E-state index contributed by atoms with van der Waals surface area (Å²) in [6, 6.07) is 8.62. The Balaban J connectivity index is 0.00000385. The fourth-order valence-corrected chi connectivity index (χ4v) is 4.39. The maximum atomic E-state index is 11.3. The fraction of sp³-hybridized carbons (Fsp3) is 0.667. The first kappa shape index (κ1) is 27.8. The minimum atomic E-state index is -0.142. The Morgan fingerprint density at radius 2 is 1.76 bits per heavy atom. The van der Waals surface area contributed by atoms with Crippen LogP contribution < -0.4 is 16.4 Å². The first-order valence-corrected chi connectivity index (χ1v) is 12.0. The average molecular weight is 573 g/mol. The number of morpholine rings is 1. The number of nitrogens with one attached hydrogen (secondary N) is 2. The van der Waals surface area contributed by atoms with Gasteiger partial charge in [0.25, 0.3) is 0 Å². The molecular formula is C24H41IN6O2. The summed E-state index contributed by atoms with van der Waals surface area (Å²) in [5.41, 5.74) is 8.08. The Labute approximate surface area is 215 Å². The van der Waals surface area contributed by atoms with Gasteiger partial charge in [-0.1, -0.05) is 24.3 Å². The molecule has 2 saturated heterocycles. The summed E-state index contributed by atoms with van der Waals surface area (Å²) < 4.78 is 5.47. The van der Waals surface area contributed by atoms with Crippen molar-refractivity contribution in [3.8, 4) is 0 Å². The van der Waals surface area contributed by atoms with E-state index in [0.29, 0.717) is 0 Å². The number of piperidine rings is 1. The zero-order chi connectivity index (χ0) is 22.6. The summed E-state index contributed by atoms with van der Waals surface area (Å²) >= 11 is 0. The molecule has 0 bridgehead atoms. The molecule has 1 amide bonds. The molecule has 0 radical (unpaired) electrons. The number of likely N-dealkylation sites (tertiary alicyclic amines) is 1. The number of guanidine groups is 1. The molecule has 0 aliphatic carbocycles. The van der Waals surface area contributed by atoms with Crippen LogP contribution in [-0.4, -0.2) is 81.2 Å². The predicted octanol–water partition coefficient (Wildman–Crippen LogP) is 1.78. The van der Waals surface area contributed by atoms with E-state index in [4.69, 9.17) is 10.5 Å². The number of primary amides is 1. The van der Waals surface area contributed by atoms with Crippen LogP contribution in [-0.2, 0) is 22.6 Å². The lowest BCUT2D eigenvalue weighted by Crippen LogP contribution is -2.39. The maximum Gasteiger partial charge on any atom is 0.220 e. The van der Waals surface area contributed by atoms with E-state index in [1.165, 1.54) is 11.1 Å². The van der Waals surface area contributed by atoms with Crippen LogP contribution in [0, 0.1) is 5.92 Å². The SMILES string of the molecule is CN=C(NCCCCN1CCC(C(N)=O)CC1)NCc1ccccc1CN1CCOCC1.I. The molecule has 3 rings (SSSR count). The lowest BCUT2D eigenvalue weighted by Gasteiger charge is -2.30. The van der Waals surface area contributed by atoms with E-state index < -0.39 is 0 Å². The molecule has 2 fully saturated rings. The quantitative estimate of drug-likeness (QED) is 0.171. The number of nitrogens with two attached hydrogens (primary N) is 1. The smallest absolute Gasteiger partial charge is 0.220 e. The van der Waals surface area contributed by atoms with E-state index in [9.17, 15) is 4.79 Å². The Morgan fingerprint density at radius 1 is 1.06 bits per heavy atom. The van der Waals surface area contributed by atoms with Crippen molar-refractivity contribution < 1.29 is 9.53 Å². The van der Waals surface area contributed by atoms with E-state index in [2.05, 4.69) is 49.7 Å². The molecule has 8 nitrogen and oxygen atoms in total. The molecular weight excluding hydrogens is 531 g/mol. The Bertz CT molecular complexity index is 733. The molecule has 0 atom stereocenters. The van der Waals surface area contributed by atoms with Crippen LogP contribution in [0.25, 0.3) is 0 Å². The number of hydrogen-bond donors (Lipinski definition) is 3. The molecule has 0 saturated carbocycles. The number of rotatable bonds is 10. The maximum absolute atomic E-state index is 11.3. The molecule has 0 unspecified atom stereocenters. The summed E-state index contributed by atoms with van der Waals surface area (Å²) in [4.78, 5) is 20.5. The second-order valence-corrected chi connectivity index (χ2v) is 8.74. The third kappa shape index (κ3) is 9.76. The highest BCUT2D eigenvalue weighted by Gasteiger charge is 2.22. The number of nitrogens with zero attached hydrogens (tertiary/aromatic N) is 3. The van der Waals surface area contributed by atoms with Crippen LogP contribution in [0.15, 0.2) is 29.3 Å². The molecule has 1 aromatic carbocycles. The van der Waals surface area contributed by atoms with E-state index >= 15 is 0 Å². The van der Waals surface area contributed by atoms with Crippen LogP contribution in [0.3, 0.4) is 0 Å². The van der Waals surface area contributed by atoms with Crippen molar-refractivity contribution in [2.75, 3.05) is 59.5 Å². The molecule has 33 heavy (non-hydrogen) atoms. The largest absolute Gasteiger partial charge is 0.379 e. The van der Waals surface area contributed by atoms with Crippen LogP contribution in [0.5, 0.6) is 0 Å².